The highest BCUT2D eigenvalue weighted by atomic mass is 79.9. The smallest absolute Gasteiger partial charge is 0.220 e. The van der Waals surface area contributed by atoms with Gasteiger partial charge in [-0.1, -0.05) is 15.9 Å². The lowest BCUT2D eigenvalue weighted by Crippen LogP contribution is -2.45. The summed E-state index contributed by atoms with van der Waals surface area (Å²) in [7, 11) is 0. The summed E-state index contributed by atoms with van der Waals surface area (Å²) in [5, 5.41) is 4.00. The maximum Gasteiger partial charge on any atom is 0.220 e. The van der Waals surface area contributed by atoms with Crippen molar-refractivity contribution in [3.63, 3.8) is 0 Å². The standard InChI is InChI=1S/C12H21BrN2O2/c1-10(16)15-8-5-11(6-9-15)14-12(17)4-2-3-7-13/h11H,2-9H2,1H3,(H,14,17). The summed E-state index contributed by atoms with van der Waals surface area (Å²) in [6.07, 6.45) is 4.34. The number of hydrogen-bond acceptors (Lipinski definition) is 2. The molecule has 1 fully saturated rings. The second kappa shape index (κ2) is 7.69. The Morgan fingerprint density at radius 1 is 1.29 bits per heavy atom. The molecule has 0 saturated carbocycles. The fraction of sp³-hybridized carbons (Fsp3) is 0.833. The van der Waals surface area contributed by atoms with Crippen molar-refractivity contribution in [1.29, 1.82) is 0 Å². The molecule has 2 amide bonds. The van der Waals surface area contributed by atoms with Crippen LogP contribution in [0.4, 0.5) is 0 Å². The molecule has 0 aliphatic carbocycles. The van der Waals surface area contributed by atoms with Crippen molar-refractivity contribution in [2.24, 2.45) is 0 Å². The van der Waals surface area contributed by atoms with Crippen LogP contribution < -0.4 is 5.32 Å². The highest BCUT2D eigenvalue weighted by Crippen LogP contribution is 2.10. The predicted molar refractivity (Wildman–Crippen MR) is 71.1 cm³/mol. The number of amides is 2. The Labute approximate surface area is 111 Å². The third-order valence-electron chi connectivity index (χ3n) is 3.09. The van der Waals surface area contributed by atoms with E-state index in [-0.39, 0.29) is 17.9 Å². The molecule has 17 heavy (non-hydrogen) atoms. The first-order valence-corrected chi connectivity index (χ1v) is 7.36. The maximum atomic E-state index is 11.6. The number of carbonyl (C=O) groups is 2. The first kappa shape index (κ1) is 14.5. The van der Waals surface area contributed by atoms with E-state index < -0.39 is 0 Å². The Balaban J connectivity index is 2.17. The van der Waals surface area contributed by atoms with Gasteiger partial charge in [-0.05, 0) is 25.7 Å². The van der Waals surface area contributed by atoms with Crippen LogP contribution >= 0.6 is 15.9 Å². The van der Waals surface area contributed by atoms with E-state index in [1.165, 1.54) is 0 Å². The molecule has 98 valence electrons. The second-order valence-electron chi connectivity index (χ2n) is 4.49. The normalized spacial score (nSPS) is 16.9. The number of nitrogens with one attached hydrogen (secondary N) is 1. The summed E-state index contributed by atoms with van der Waals surface area (Å²) < 4.78 is 0. The van der Waals surface area contributed by atoms with Crippen molar-refractivity contribution >= 4 is 27.7 Å². The van der Waals surface area contributed by atoms with Crippen LogP contribution in [0.2, 0.25) is 0 Å². The fourth-order valence-electron chi connectivity index (χ4n) is 2.02. The Morgan fingerprint density at radius 2 is 1.94 bits per heavy atom. The molecule has 1 rings (SSSR count). The summed E-state index contributed by atoms with van der Waals surface area (Å²) >= 11 is 3.35. The maximum absolute atomic E-state index is 11.6. The van der Waals surface area contributed by atoms with Gasteiger partial charge in [0.2, 0.25) is 11.8 Å². The zero-order valence-corrected chi connectivity index (χ0v) is 12.0. The topological polar surface area (TPSA) is 49.4 Å². The second-order valence-corrected chi connectivity index (χ2v) is 5.29. The van der Waals surface area contributed by atoms with Crippen LogP contribution in [0.5, 0.6) is 0 Å². The largest absolute Gasteiger partial charge is 0.353 e. The van der Waals surface area contributed by atoms with Gasteiger partial charge in [-0.15, -0.1) is 0 Å². The number of alkyl halides is 1. The summed E-state index contributed by atoms with van der Waals surface area (Å²) in [6, 6.07) is 0.252. The van der Waals surface area contributed by atoms with Crippen LogP contribution in [0.3, 0.4) is 0 Å². The molecule has 4 nitrogen and oxygen atoms in total. The van der Waals surface area contributed by atoms with Crippen LogP contribution in [-0.2, 0) is 9.59 Å². The lowest BCUT2D eigenvalue weighted by molar-refractivity contribution is -0.130. The van der Waals surface area contributed by atoms with Crippen molar-refractivity contribution in [3.05, 3.63) is 0 Å². The fourth-order valence-corrected chi connectivity index (χ4v) is 2.42. The number of hydrogen-bond donors (Lipinski definition) is 1. The molecular formula is C12H21BrN2O2. The number of rotatable bonds is 5. The average Bonchev–Trinajstić information content (AvgIpc) is 2.30. The minimum atomic E-state index is 0.132. The van der Waals surface area contributed by atoms with Crippen LogP contribution in [0.25, 0.3) is 0 Å². The number of halogens is 1. The molecule has 0 aromatic rings. The molecule has 1 aliphatic rings. The van der Waals surface area contributed by atoms with E-state index in [0.717, 1.165) is 44.1 Å². The van der Waals surface area contributed by atoms with Crippen molar-refractivity contribution in [3.8, 4) is 0 Å². The zero-order chi connectivity index (χ0) is 12.7. The third kappa shape index (κ3) is 5.52. The van der Waals surface area contributed by atoms with Gasteiger partial charge in [-0.3, -0.25) is 9.59 Å². The lowest BCUT2D eigenvalue weighted by atomic mass is 10.0. The number of unbranched alkanes of at least 4 members (excludes halogenated alkanes) is 1. The third-order valence-corrected chi connectivity index (χ3v) is 3.65. The molecular weight excluding hydrogens is 284 g/mol. The van der Waals surface area contributed by atoms with Gasteiger partial charge >= 0.3 is 0 Å². The van der Waals surface area contributed by atoms with E-state index in [1.54, 1.807) is 6.92 Å². The Bertz CT molecular complexity index is 263. The Kier molecular flexibility index (Phi) is 6.55. The molecule has 0 aromatic heterocycles. The number of carbonyl (C=O) groups excluding carboxylic acids is 2. The highest BCUT2D eigenvalue weighted by Gasteiger charge is 2.21. The first-order chi connectivity index (χ1) is 8.13. The van der Waals surface area contributed by atoms with Crippen molar-refractivity contribution in [2.75, 3.05) is 18.4 Å². The van der Waals surface area contributed by atoms with Crippen molar-refractivity contribution < 1.29 is 9.59 Å². The number of nitrogens with zero attached hydrogens (tertiary/aromatic N) is 1. The number of piperidine rings is 1. The molecule has 0 atom stereocenters. The zero-order valence-electron chi connectivity index (χ0n) is 10.4. The minimum Gasteiger partial charge on any atom is -0.353 e. The first-order valence-electron chi connectivity index (χ1n) is 6.24. The van der Waals surface area contributed by atoms with Crippen LogP contribution in [0, 0.1) is 0 Å². The summed E-state index contributed by atoms with van der Waals surface area (Å²) in [6.45, 7) is 3.13. The van der Waals surface area contributed by atoms with Gasteiger partial charge in [-0.2, -0.15) is 0 Å². The Morgan fingerprint density at radius 3 is 2.47 bits per heavy atom. The summed E-state index contributed by atoms with van der Waals surface area (Å²) in [4.78, 5) is 24.6. The molecule has 1 saturated heterocycles. The van der Waals surface area contributed by atoms with Crippen LogP contribution in [0.1, 0.15) is 39.0 Å². The molecule has 0 spiro atoms. The van der Waals surface area contributed by atoms with E-state index in [0.29, 0.717) is 6.42 Å². The summed E-state index contributed by atoms with van der Waals surface area (Å²) in [5.41, 5.74) is 0. The number of likely N-dealkylation sites (tertiary alicyclic amines) is 1. The quantitative estimate of drug-likeness (QED) is 0.620. The SMILES string of the molecule is CC(=O)N1CCC(NC(=O)CCCCBr)CC1. The molecule has 5 heteroatoms. The molecule has 0 aromatic carbocycles. The lowest BCUT2D eigenvalue weighted by Gasteiger charge is -2.31. The van der Waals surface area contributed by atoms with Crippen molar-refractivity contribution in [2.45, 2.75) is 45.1 Å². The molecule has 0 bridgehead atoms. The molecule has 1 heterocycles. The Hall–Kier alpha value is -0.580. The van der Waals surface area contributed by atoms with E-state index in [2.05, 4.69) is 21.2 Å². The van der Waals surface area contributed by atoms with Gasteiger partial charge in [0.15, 0.2) is 0 Å². The summed E-state index contributed by atoms with van der Waals surface area (Å²) in [5.74, 6) is 0.277. The molecule has 0 radical (unpaired) electrons. The van der Waals surface area contributed by atoms with E-state index in [9.17, 15) is 9.59 Å². The average molecular weight is 305 g/mol. The van der Waals surface area contributed by atoms with Crippen molar-refractivity contribution in [1.82, 2.24) is 10.2 Å². The molecule has 1 aliphatic heterocycles. The minimum absolute atomic E-state index is 0.132. The van der Waals surface area contributed by atoms with E-state index >= 15 is 0 Å². The molecule has 1 N–H and O–H groups in total. The monoisotopic (exact) mass is 304 g/mol. The van der Waals surface area contributed by atoms with Gasteiger partial charge in [0.05, 0.1) is 0 Å². The van der Waals surface area contributed by atoms with E-state index in [4.69, 9.17) is 0 Å². The van der Waals surface area contributed by atoms with Gasteiger partial charge in [-0.25, -0.2) is 0 Å². The van der Waals surface area contributed by atoms with Crippen LogP contribution in [0.15, 0.2) is 0 Å². The van der Waals surface area contributed by atoms with Gasteiger partial charge < -0.3 is 10.2 Å². The highest BCUT2D eigenvalue weighted by molar-refractivity contribution is 9.09. The van der Waals surface area contributed by atoms with E-state index in [1.807, 2.05) is 4.90 Å². The van der Waals surface area contributed by atoms with Gasteiger partial charge in [0.25, 0.3) is 0 Å². The van der Waals surface area contributed by atoms with Gasteiger partial charge in [0.1, 0.15) is 0 Å². The molecule has 0 unspecified atom stereocenters. The van der Waals surface area contributed by atoms with Crippen LogP contribution in [-0.4, -0.2) is 41.2 Å². The van der Waals surface area contributed by atoms with Gasteiger partial charge in [0, 0.05) is 37.8 Å². The predicted octanol–water partition coefficient (Wildman–Crippen LogP) is 1.68.